The molecule has 2 aromatic carbocycles. The molecule has 0 saturated heterocycles. The van der Waals surface area contributed by atoms with Crippen molar-refractivity contribution in [3.63, 3.8) is 0 Å². The lowest BCUT2D eigenvalue weighted by Gasteiger charge is -2.21. The van der Waals surface area contributed by atoms with Crippen molar-refractivity contribution in [3.05, 3.63) is 59.7 Å². The summed E-state index contributed by atoms with van der Waals surface area (Å²) >= 11 is 1.57. The van der Waals surface area contributed by atoms with Crippen LogP contribution in [0.15, 0.2) is 48.5 Å². The highest BCUT2D eigenvalue weighted by Crippen LogP contribution is 2.34. The molecule has 0 N–H and O–H groups in total. The van der Waals surface area contributed by atoms with Crippen LogP contribution in [0.1, 0.15) is 44.2 Å². The van der Waals surface area contributed by atoms with E-state index in [0.29, 0.717) is 18.9 Å². The first-order chi connectivity index (χ1) is 13.0. The Morgan fingerprint density at radius 1 is 1.11 bits per heavy atom. The third kappa shape index (κ3) is 4.54. The fourth-order valence-electron chi connectivity index (χ4n) is 3.01. The lowest BCUT2D eigenvalue weighted by Crippen LogP contribution is -2.32. The first-order valence-corrected chi connectivity index (χ1v) is 10.1. The Hall–Kier alpha value is -2.24. The van der Waals surface area contributed by atoms with Crippen LogP contribution in [0, 0.1) is 0 Å². The SMILES string of the molecule is COC(C)CC(=O)N(Cc1ccccc1)c1nc2c(C(C)C)cccc2s1. The zero-order chi connectivity index (χ0) is 19.4. The number of hydrogen-bond acceptors (Lipinski definition) is 4. The maximum absolute atomic E-state index is 13.0. The zero-order valence-electron chi connectivity index (χ0n) is 16.3. The molecule has 1 heterocycles. The highest BCUT2D eigenvalue weighted by atomic mass is 32.1. The fourth-order valence-corrected chi connectivity index (χ4v) is 4.02. The average molecular weight is 383 g/mol. The summed E-state index contributed by atoms with van der Waals surface area (Å²) < 4.78 is 6.41. The lowest BCUT2D eigenvalue weighted by molar-refractivity contribution is -0.120. The Labute approximate surface area is 164 Å². The first-order valence-electron chi connectivity index (χ1n) is 9.26. The normalized spacial score (nSPS) is 12.5. The molecular formula is C22H26N2O2S. The van der Waals surface area contributed by atoms with Gasteiger partial charge in [-0.2, -0.15) is 0 Å². The smallest absolute Gasteiger partial charge is 0.231 e. The van der Waals surface area contributed by atoms with Crippen molar-refractivity contribution in [1.82, 2.24) is 4.98 Å². The van der Waals surface area contributed by atoms with E-state index in [0.717, 1.165) is 20.9 Å². The van der Waals surface area contributed by atoms with E-state index in [1.165, 1.54) is 5.56 Å². The number of rotatable bonds is 7. The maximum Gasteiger partial charge on any atom is 0.231 e. The summed E-state index contributed by atoms with van der Waals surface area (Å²) in [5.41, 5.74) is 3.30. The largest absolute Gasteiger partial charge is 0.381 e. The summed E-state index contributed by atoms with van der Waals surface area (Å²) in [6, 6.07) is 16.3. The molecule has 1 unspecified atom stereocenters. The summed E-state index contributed by atoms with van der Waals surface area (Å²) in [6.07, 6.45) is 0.201. The van der Waals surface area contributed by atoms with Crippen molar-refractivity contribution in [2.75, 3.05) is 12.0 Å². The Morgan fingerprint density at radius 3 is 2.52 bits per heavy atom. The zero-order valence-corrected chi connectivity index (χ0v) is 17.1. The molecule has 0 saturated carbocycles. The van der Waals surface area contributed by atoms with Gasteiger partial charge in [-0.3, -0.25) is 9.69 Å². The minimum absolute atomic E-state index is 0.0263. The minimum Gasteiger partial charge on any atom is -0.381 e. The van der Waals surface area contributed by atoms with Gasteiger partial charge in [-0.05, 0) is 30.0 Å². The third-order valence-electron chi connectivity index (χ3n) is 4.64. The van der Waals surface area contributed by atoms with Gasteiger partial charge >= 0.3 is 0 Å². The fraction of sp³-hybridized carbons (Fsp3) is 0.364. The predicted molar refractivity (Wildman–Crippen MR) is 112 cm³/mol. The molecule has 1 atom stereocenters. The lowest BCUT2D eigenvalue weighted by atomic mass is 10.0. The second-order valence-corrected chi connectivity index (χ2v) is 8.07. The molecule has 0 spiro atoms. The number of hydrogen-bond donors (Lipinski definition) is 0. The van der Waals surface area contributed by atoms with E-state index >= 15 is 0 Å². The first kappa shape index (κ1) is 19.5. The van der Waals surface area contributed by atoms with Gasteiger partial charge in [-0.1, -0.05) is 67.6 Å². The van der Waals surface area contributed by atoms with E-state index in [9.17, 15) is 4.79 Å². The second kappa shape index (κ2) is 8.63. The van der Waals surface area contributed by atoms with Crippen LogP contribution in [-0.4, -0.2) is 24.1 Å². The van der Waals surface area contributed by atoms with Crippen LogP contribution in [0.2, 0.25) is 0 Å². The number of fused-ring (bicyclic) bond motifs is 1. The molecule has 0 aliphatic carbocycles. The van der Waals surface area contributed by atoms with Crippen molar-refractivity contribution in [2.24, 2.45) is 0 Å². The van der Waals surface area contributed by atoms with Crippen LogP contribution in [0.4, 0.5) is 5.13 Å². The molecule has 0 aliphatic rings. The molecular weight excluding hydrogens is 356 g/mol. The molecule has 27 heavy (non-hydrogen) atoms. The van der Waals surface area contributed by atoms with Gasteiger partial charge in [0.25, 0.3) is 0 Å². The number of methoxy groups -OCH3 is 1. The molecule has 3 aromatic rings. The number of anilines is 1. The van der Waals surface area contributed by atoms with Crippen molar-refractivity contribution < 1.29 is 9.53 Å². The standard InChI is InChI=1S/C22H26N2O2S/c1-15(2)18-11-8-12-19-21(18)23-22(27-19)24(20(25)13-16(3)26-4)14-17-9-6-5-7-10-17/h5-12,15-16H,13-14H2,1-4H3. The molecule has 4 nitrogen and oxygen atoms in total. The summed E-state index contributed by atoms with van der Waals surface area (Å²) in [4.78, 5) is 19.7. The van der Waals surface area contributed by atoms with Crippen molar-refractivity contribution in [3.8, 4) is 0 Å². The highest BCUT2D eigenvalue weighted by Gasteiger charge is 2.23. The Kier molecular flexibility index (Phi) is 6.24. The average Bonchev–Trinajstić information content (AvgIpc) is 3.10. The predicted octanol–water partition coefficient (Wildman–Crippen LogP) is 5.38. The van der Waals surface area contributed by atoms with Gasteiger partial charge < -0.3 is 4.74 Å². The monoisotopic (exact) mass is 382 g/mol. The number of thiazole rings is 1. The van der Waals surface area contributed by atoms with E-state index < -0.39 is 0 Å². The van der Waals surface area contributed by atoms with E-state index in [1.54, 1.807) is 23.3 Å². The van der Waals surface area contributed by atoms with Crippen molar-refractivity contribution >= 4 is 32.6 Å². The number of para-hydroxylation sites is 1. The molecule has 0 radical (unpaired) electrons. The van der Waals surface area contributed by atoms with Crippen molar-refractivity contribution in [2.45, 2.75) is 45.8 Å². The van der Waals surface area contributed by atoms with E-state index in [-0.39, 0.29) is 12.0 Å². The molecule has 0 bridgehead atoms. The van der Waals surface area contributed by atoms with E-state index in [2.05, 4.69) is 32.0 Å². The summed E-state index contributed by atoms with van der Waals surface area (Å²) in [7, 11) is 1.63. The number of ether oxygens (including phenoxy) is 1. The number of amides is 1. The van der Waals surface area contributed by atoms with Crippen LogP contribution >= 0.6 is 11.3 Å². The van der Waals surface area contributed by atoms with Gasteiger partial charge in [0.1, 0.15) is 0 Å². The molecule has 5 heteroatoms. The quantitative estimate of drug-likeness (QED) is 0.551. The van der Waals surface area contributed by atoms with Crippen LogP contribution in [0.25, 0.3) is 10.2 Å². The summed E-state index contributed by atoms with van der Waals surface area (Å²) in [5.74, 6) is 0.411. The van der Waals surface area contributed by atoms with Gasteiger partial charge in [0.05, 0.1) is 29.3 Å². The van der Waals surface area contributed by atoms with Gasteiger partial charge in [0.15, 0.2) is 5.13 Å². The Balaban J connectivity index is 2.00. The topological polar surface area (TPSA) is 42.4 Å². The minimum atomic E-state index is -0.128. The number of aromatic nitrogens is 1. The molecule has 1 aromatic heterocycles. The van der Waals surface area contributed by atoms with Gasteiger partial charge in [-0.25, -0.2) is 4.98 Å². The molecule has 3 rings (SSSR count). The molecule has 0 fully saturated rings. The van der Waals surface area contributed by atoms with E-state index in [1.807, 2.05) is 37.3 Å². The number of carbonyl (C=O) groups excluding carboxylic acids is 1. The Bertz CT molecular complexity index is 905. The van der Waals surface area contributed by atoms with Gasteiger partial charge in [-0.15, -0.1) is 0 Å². The van der Waals surface area contributed by atoms with Crippen LogP contribution < -0.4 is 4.90 Å². The van der Waals surface area contributed by atoms with Crippen LogP contribution in [0.5, 0.6) is 0 Å². The van der Waals surface area contributed by atoms with Crippen molar-refractivity contribution in [1.29, 1.82) is 0 Å². The van der Waals surface area contributed by atoms with Gasteiger partial charge in [0.2, 0.25) is 5.91 Å². The number of carbonyl (C=O) groups is 1. The highest BCUT2D eigenvalue weighted by molar-refractivity contribution is 7.22. The third-order valence-corrected chi connectivity index (χ3v) is 5.68. The van der Waals surface area contributed by atoms with Gasteiger partial charge in [0, 0.05) is 7.11 Å². The summed E-state index contributed by atoms with van der Waals surface area (Å²) in [5, 5.41) is 0.746. The number of benzene rings is 2. The Morgan fingerprint density at radius 2 is 1.85 bits per heavy atom. The van der Waals surface area contributed by atoms with Crippen LogP contribution in [-0.2, 0) is 16.1 Å². The molecule has 1 amide bonds. The molecule has 0 aliphatic heterocycles. The maximum atomic E-state index is 13.0. The van der Waals surface area contributed by atoms with E-state index in [4.69, 9.17) is 9.72 Å². The molecule has 142 valence electrons. The number of nitrogens with zero attached hydrogens (tertiary/aromatic N) is 2. The second-order valence-electron chi connectivity index (χ2n) is 7.06. The summed E-state index contributed by atoms with van der Waals surface area (Å²) in [6.45, 7) is 6.75. The van der Waals surface area contributed by atoms with Crippen LogP contribution in [0.3, 0.4) is 0 Å².